The highest BCUT2D eigenvalue weighted by molar-refractivity contribution is 5.99. The van der Waals surface area contributed by atoms with Crippen molar-refractivity contribution in [1.29, 1.82) is 0 Å². The molecular weight excluding hydrogens is 228 g/mol. The molecule has 0 aromatic heterocycles. The fourth-order valence-corrected chi connectivity index (χ4v) is 2.50. The first-order chi connectivity index (χ1) is 8.54. The summed E-state index contributed by atoms with van der Waals surface area (Å²) in [6, 6.07) is 5.13. The summed E-state index contributed by atoms with van der Waals surface area (Å²) in [7, 11) is 1.58. The highest BCUT2D eigenvalue weighted by Gasteiger charge is 2.30. The van der Waals surface area contributed by atoms with Gasteiger partial charge in [-0.2, -0.15) is 0 Å². The normalized spacial score (nSPS) is 17.4. The largest absolute Gasteiger partial charge is 0.497 e. The summed E-state index contributed by atoms with van der Waals surface area (Å²) in [4.78, 5) is 12.2. The zero-order valence-electron chi connectivity index (χ0n) is 11.0. The van der Waals surface area contributed by atoms with Crippen LogP contribution in [0.15, 0.2) is 18.2 Å². The Bertz CT molecular complexity index is 451. The minimum Gasteiger partial charge on any atom is -0.497 e. The van der Waals surface area contributed by atoms with Crippen molar-refractivity contribution in [2.45, 2.75) is 38.1 Å². The van der Waals surface area contributed by atoms with Gasteiger partial charge in [0, 0.05) is 17.3 Å². The predicted molar refractivity (Wildman–Crippen MR) is 71.7 cm³/mol. The second-order valence-corrected chi connectivity index (χ2v) is 5.18. The Morgan fingerprint density at radius 2 is 2.06 bits per heavy atom. The van der Waals surface area contributed by atoms with Crippen LogP contribution in [0.2, 0.25) is 0 Å². The second kappa shape index (κ2) is 4.88. The van der Waals surface area contributed by atoms with Gasteiger partial charge < -0.3 is 15.8 Å². The molecule has 0 heterocycles. The summed E-state index contributed by atoms with van der Waals surface area (Å²) in [5.74, 6) is 0.565. The summed E-state index contributed by atoms with van der Waals surface area (Å²) in [5, 5.41) is 3.09. The number of rotatable bonds is 3. The van der Waals surface area contributed by atoms with E-state index in [1.54, 1.807) is 25.3 Å². The maximum Gasteiger partial charge on any atom is 0.253 e. The zero-order valence-corrected chi connectivity index (χ0v) is 11.0. The molecule has 1 aromatic rings. The predicted octanol–water partition coefficient (Wildman–Crippen LogP) is 2.34. The summed E-state index contributed by atoms with van der Waals surface area (Å²) in [5.41, 5.74) is 6.76. The van der Waals surface area contributed by atoms with Gasteiger partial charge in [-0.05, 0) is 31.9 Å². The van der Waals surface area contributed by atoms with E-state index in [0.717, 1.165) is 12.8 Å². The molecule has 0 radical (unpaired) electrons. The standard InChI is InChI=1S/C14H20N2O2/c1-14(7-3-4-8-14)16-13(17)11-6-5-10(18-2)9-12(11)15/h5-6,9H,3-4,7-8,15H2,1-2H3,(H,16,17). The number of hydrogen-bond acceptors (Lipinski definition) is 3. The number of ether oxygens (including phenoxy) is 1. The van der Waals surface area contributed by atoms with Crippen molar-refractivity contribution in [3.8, 4) is 5.75 Å². The average molecular weight is 248 g/mol. The molecule has 0 aliphatic heterocycles. The van der Waals surface area contributed by atoms with Gasteiger partial charge in [0.2, 0.25) is 0 Å². The number of nitrogens with two attached hydrogens (primary N) is 1. The molecule has 0 spiro atoms. The van der Waals surface area contributed by atoms with Crippen molar-refractivity contribution in [3.63, 3.8) is 0 Å². The van der Waals surface area contributed by atoms with E-state index in [4.69, 9.17) is 10.5 Å². The molecule has 0 unspecified atom stereocenters. The third-order valence-electron chi connectivity index (χ3n) is 3.63. The second-order valence-electron chi connectivity index (χ2n) is 5.18. The quantitative estimate of drug-likeness (QED) is 0.807. The fourth-order valence-electron chi connectivity index (χ4n) is 2.50. The summed E-state index contributed by atoms with van der Waals surface area (Å²) < 4.78 is 5.07. The lowest BCUT2D eigenvalue weighted by atomic mass is 10.00. The smallest absolute Gasteiger partial charge is 0.253 e. The van der Waals surface area contributed by atoms with Crippen LogP contribution < -0.4 is 15.8 Å². The van der Waals surface area contributed by atoms with Gasteiger partial charge in [0.25, 0.3) is 5.91 Å². The molecule has 1 amide bonds. The number of carbonyl (C=O) groups excluding carboxylic acids is 1. The third-order valence-corrected chi connectivity index (χ3v) is 3.63. The van der Waals surface area contributed by atoms with Crippen molar-refractivity contribution >= 4 is 11.6 Å². The van der Waals surface area contributed by atoms with Crippen molar-refractivity contribution in [3.05, 3.63) is 23.8 Å². The van der Waals surface area contributed by atoms with Crippen LogP contribution in [-0.2, 0) is 0 Å². The van der Waals surface area contributed by atoms with Crippen LogP contribution >= 0.6 is 0 Å². The van der Waals surface area contributed by atoms with Crippen LogP contribution in [0.3, 0.4) is 0 Å². The maximum absolute atomic E-state index is 12.2. The minimum absolute atomic E-state index is 0.0799. The molecule has 4 heteroatoms. The van der Waals surface area contributed by atoms with E-state index in [1.807, 2.05) is 0 Å². The zero-order chi connectivity index (χ0) is 13.2. The van der Waals surface area contributed by atoms with Crippen molar-refractivity contribution in [1.82, 2.24) is 5.32 Å². The molecule has 4 nitrogen and oxygen atoms in total. The number of benzene rings is 1. The number of hydrogen-bond donors (Lipinski definition) is 2. The van der Waals surface area contributed by atoms with Crippen LogP contribution in [0.4, 0.5) is 5.69 Å². The Kier molecular flexibility index (Phi) is 3.45. The Morgan fingerprint density at radius 3 is 2.61 bits per heavy atom. The number of nitrogen functional groups attached to an aromatic ring is 1. The summed E-state index contributed by atoms with van der Waals surface area (Å²) in [6.45, 7) is 2.09. The van der Waals surface area contributed by atoms with Gasteiger partial charge in [-0.3, -0.25) is 4.79 Å². The molecule has 1 aliphatic carbocycles. The lowest BCUT2D eigenvalue weighted by Gasteiger charge is -2.25. The number of anilines is 1. The number of carbonyl (C=O) groups is 1. The van der Waals surface area contributed by atoms with Crippen LogP contribution in [0.5, 0.6) is 5.75 Å². The Morgan fingerprint density at radius 1 is 1.39 bits per heavy atom. The highest BCUT2D eigenvalue weighted by atomic mass is 16.5. The van der Waals surface area contributed by atoms with Gasteiger partial charge in [0.05, 0.1) is 12.7 Å². The van der Waals surface area contributed by atoms with E-state index in [0.29, 0.717) is 17.0 Å². The van der Waals surface area contributed by atoms with E-state index in [2.05, 4.69) is 12.2 Å². The van der Waals surface area contributed by atoms with Gasteiger partial charge in [-0.25, -0.2) is 0 Å². The first kappa shape index (κ1) is 12.7. The van der Waals surface area contributed by atoms with Gasteiger partial charge in [-0.15, -0.1) is 0 Å². The van der Waals surface area contributed by atoms with E-state index in [-0.39, 0.29) is 11.4 Å². The summed E-state index contributed by atoms with van der Waals surface area (Å²) >= 11 is 0. The van der Waals surface area contributed by atoms with Crippen molar-refractivity contribution < 1.29 is 9.53 Å². The Balaban J connectivity index is 2.13. The number of amides is 1. The minimum atomic E-state index is -0.0976. The molecule has 3 N–H and O–H groups in total. The molecule has 1 aliphatic rings. The van der Waals surface area contributed by atoms with E-state index >= 15 is 0 Å². The maximum atomic E-state index is 12.2. The van der Waals surface area contributed by atoms with Gasteiger partial charge in [0.1, 0.15) is 5.75 Å². The molecule has 1 fully saturated rings. The molecule has 1 saturated carbocycles. The van der Waals surface area contributed by atoms with Gasteiger partial charge >= 0.3 is 0 Å². The average Bonchev–Trinajstić information content (AvgIpc) is 2.75. The molecule has 0 saturated heterocycles. The fraction of sp³-hybridized carbons (Fsp3) is 0.500. The summed E-state index contributed by atoms with van der Waals surface area (Å²) in [6.07, 6.45) is 4.42. The highest BCUT2D eigenvalue weighted by Crippen LogP contribution is 2.29. The molecule has 1 aromatic carbocycles. The van der Waals surface area contributed by atoms with Crippen LogP contribution in [-0.4, -0.2) is 18.6 Å². The van der Waals surface area contributed by atoms with E-state index in [9.17, 15) is 4.79 Å². The Hall–Kier alpha value is -1.71. The lowest BCUT2D eigenvalue weighted by Crippen LogP contribution is -2.43. The monoisotopic (exact) mass is 248 g/mol. The first-order valence-corrected chi connectivity index (χ1v) is 6.30. The van der Waals surface area contributed by atoms with Crippen molar-refractivity contribution in [2.24, 2.45) is 0 Å². The lowest BCUT2D eigenvalue weighted by molar-refractivity contribution is 0.0909. The van der Waals surface area contributed by atoms with Gasteiger partial charge in [0.15, 0.2) is 0 Å². The third kappa shape index (κ3) is 2.58. The molecule has 0 atom stereocenters. The molecule has 98 valence electrons. The van der Waals surface area contributed by atoms with Crippen LogP contribution in [0.1, 0.15) is 43.0 Å². The molecule has 0 bridgehead atoms. The molecule has 18 heavy (non-hydrogen) atoms. The van der Waals surface area contributed by atoms with Crippen LogP contribution in [0.25, 0.3) is 0 Å². The number of methoxy groups -OCH3 is 1. The van der Waals surface area contributed by atoms with Gasteiger partial charge in [-0.1, -0.05) is 12.8 Å². The van der Waals surface area contributed by atoms with E-state index in [1.165, 1.54) is 12.8 Å². The van der Waals surface area contributed by atoms with E-state index < -0.39 is 0 Å². The SMILES string of the molecule is COc1ccc(C(=O)NC2(C)CCCC2)c(N)c1. The number of nitrogens with one attached hydrogen (secondary N) is 1. The first-order valence-electron chi connectivity index (χ1n) is 6.30. The molecule has 2 rings (SSSR count). The van der Waals surface area contributed by atoms with Crippen molar-refractivity contribution in [2.75, 3.05) is 12.8 Å². The topological polar surface area (TPSA) is 64.3 Å². The van der Waals surface area contributed by atoms with Crippen LogP contribution in [0, 0.1) is 0 Å². The molecular formula is C14H20N2O2. The Labute approximate surface area is 108 Å².